The van der Waals surface area contributed by atoms with Gasteiger partial charge in [0.05, 0.1) is 18.1 Å². The third-order valence-corrected chi connectivity index (χ3v) is 3.77. The normalized spacial score (nSPS) is 23.6. The highest BCUT2D eigenvalue weighted by atomic mass is 17.2. The predicted molar refractivity (Wildman–Crippen MR) is 73.5 cm³/mol. The molecule has 0 saturated carbocycles. The molecule has 1 rings (SSSR count). The number of rotatable bonds is 8. The topological polar surface area (TPSA) is 44.8 Å². The van der Waals surface area contributed by atoms with Crippen molar-refractivity contribution in [2.24, 2.45) is 5.41 Å². The number of esters is 1. The van der Waals surface area contributed by atoms with E-state index < -0.39 is 5.41 Å². The fraction of sp³-hybridized carbons (Fsp3) is 0.933. The first-order valence-corrected chi connectivity index (χ1v) is 7.51. The molecule has 1 heterocycles. The molecule has 0 amide bonds. The van der Waals surface area contributed by atoms with Crippen LogP contribution >= 0.6 is 0 Å². The molecule has 0 aliphatic carbocycles. The van der Waals surface area contributed by atoms with E-state index in [-0.39, 0.29) is 18.2 Å². The summed E-state index contributed by atoms with van der Waals surface area (Å²) in [6.07, 6.45) is 6.61. The van der Waals surface area contributed by atoms with E-state index >= 15 is 0 Å². The molecule has 0 spiro atoms. The van der Waals surface area contributed by atoms with E-state index in [1.165, 1.54) is 19.3 Å². The van der Waals surface area contributed by atoms with Crippen LogP contribution in [0.3, 0.4) is 0 Å². The third kappa shape index (κ3) is 4.77. The first-order chi connectivity index (χ1) is 9.02. The molecule has 1 fully saturated rings. The van der Waals surface area contributed by atoms with Crippen molar-refractivity contribution in [3.05, 3.63) is 0 Å². The minimum Gasteiger partial charge on any atom is -0.466 e. The molecule has 0 radical (unpaired) electrons. The molecule has 0 aromatic heterocycles. The average molecular weight is 272 g/mol. The van der Waals surface area contributed by atoms with Gasteiger partial charge in [0.15, 0.2) is 0 Å². The highest BCUT2D eigenvalue weighted by Gasteiger charge is 2.44. The summed E-state index contributed by atoms with van der Waals surface area (Å²) in [5, 5.41) is 0. The molecule has 0 aromatic carbocycles. The van der Waals surface area contributed by atoms with E-state index in [0.29, 0.717) is 6.61 Å². The van der Waals surface area contributed by atoms with Gasteiger partial charge in [0.2, 0.25) is 0 Å². The van der Waals surface area contributed by atoms with Gasteiger partial charge >= 0.3 is 5.97 Å². The van der Waals surface area contributed by atoms with Crippen LogP contribution in [0.5, 0.6) is 0 Å². The minimum atomic E-state index is -0.645. The maximum atomic E-state index is 11.9. The zero-order valence-corrected chi connectivity index (χ0v) is 12.7. The Bertz CT molecular complexity index is 275. The zero-order valence-electron chi connectivity index (χ0n) is 12.7. The summed E-state index contributed by atoms with van der Waals surface area (Å²) in [6, 6.07) is 0. The molecule has 2 atom stereocenters. The maximum absolute atomic E-state index is 11.9. The second-order valence-electron chi connectivity index (χ2n) is 5.83. The molecule has 1 saturated heterocycles. The number of carbonyl (C=O) groups excluding carboxylic acids is 1. The highest BCUT2D eigenvalue weighted by molar-refractivity contribution is 5.76. The standard InChI is InChI=1S/C15H28O4/c1-5-7-8-9-10-12-11-13(19-18-12)15(3,4)14(16)17-6-2/h12-13H,5-11H2,1-4H3. The molecular weight excluding hydrogens is 244 g/mol. The molecular formula is C15H28O4. The third-order valence-electron chi connectivity index (χ3n) is 3.77. The van der Waals surface area contributed by atoms with Crippen LogP contribution in [-0.2, 0) is 19.3 Å². The molecule has 1 aliphatic heterocycles. The monoisotopic (exact) mass is 272 g/mol. The van der Waals surface area contributed by atoms with Crippen LogP contribution < -0.4 is 0 Å². The van der Waals surface area contributed by atoms with E-state index in [4.69, 9.17) is 14.5 Å². The fourth-order valence-electron chi connectivity index (χ4n) is 2.29. The smallest absolute Gasteiger partial charge is 0.314 e. The van der Waals surface area contributed by atoms with Gasteiger partial charge in [0.1, 0.15) is 6.10 Å². The van der Waals surface area contributed by atoms with Gasteiger partial charge in [0, 0.05) is 6.42 Å². The van der Waals surface area contributed by atoms with Crippen LogP contribution in [0.4, 0.5) is 0 Å². The summed E-state index contributed by atoms with van der Waals surface area (Å²) in [4.78, 5) is 22.6. The summed E-state index contributed by atoms with van der Waals surface area (Å²) >= 11 is 0. The van der Waals surface area contributed by atoms with Gasteiger partial charge in [-0.05, 0) is 27.2 Å². The quantitative estimate of drug-likeness (QED) is 0.384. The van der Waals surface area contributed by atoms with E-state index in [2.05, 4.69) is 6.92 Å². The Labute approximate surface area is 116 Å². The lowest BCUT2D eigenvalue weighted by Gasteiger charge is -2.26. The molecule has 1 aliphatic rings. The lowest BCUT2D eigenvalue weighted by Crippen LogP contribution is -2.38. The Morgan fingerprint density at radius 3 is 2.58 bits per heavy atom. The van der Waals surface area contributed by atoms with Crippen molar-refractivity contribution >= 4 is 5.97 Å². The van der Waals surface area contributed by atoms with Crippen molar-refractivity contribution in [3.8, 4) is 0 Å². The highest BCUT2D eigenvalue weighted by Crippen LogP contribution is 2.35. The Kier molecular flexibility index (Phi) is 6.80. The van der Waals surface area contributed by atoms with E-state index in [9.17, 15) is 4.79 Å². The van der Waals surface area contributed by atoms with Gasteiger partial charge in [-0.2, -0.15) is 0 Å². The van der Waals surface area contributed by atoms with E-state index in [1.54, 1.807) is 0 Å². The molecule has 4 heteroatoms. The molecule has 0 aromatic rings. The second-order valence-corrected chi connectivity index (χ2v) is 5.83. The lowest BCUT2D eigenvalue weighted by atomic mass is 9.83. The number of unbranched alkanes of at least 4 members (excludes halogenated alkanes) is 3. The van der Waals surface area contributed by atoms with E-state index in [1.807, 2.05) is 20.8 Å². The zero-order chi connectivity index (χ0) is 14.3. The Morgan fingerprint density at radius 1 is 1.21 bits per heavy atom. The summed E-state index contributed by atoms with van der Waals surface area (Å²) in [5.74, 6) is -0.213. The van der Waals surface area contributed by atoms with Crippen LogP contribution in [-0.4, -0.2) is 24.8 Å². The van der Waals surface area contributed by atoms with Crippen molar-refractivity contribution in [2.45, 2.75) is 78.4 Å². The van der Waals surface area contributed by atoms with Gasteiger partial charge in [-0.25, -0.2) is 9.78 Å². The van der Waals surface area contributed by atoms with Gasteiger partial charge in [-0.1, -0.05) is 32.6 Å². The van der Waals surface area contributed by atoms with Crippen LogP contribution in [0.25, 0.3) is 0 Å². The maximum Gasteiger partial charge on any atom is 0.314 e. The van der Waals surface area contributed by atoms with Crippen molar-refractivity contribution in [1.82, 2.24) is 0 Å². The number of hydrogen-bond acceptors (Lipinski definition) is 4. The molecule has 4 nitrogen and oxygen atoms in total. The number of hydrogen-bond donors (Lipinski definition) is 0. The van der Waals surface area contributed by atoms with Crippen LogP contribution in [0.15, 0.2) is 0 Å². The van der Waals surface area contributed by atoms with E-state index in [0.717, 1.165) is 19.3 Å². The SMILES string of the molecule is CCCCCCC1CC(C(C)(C)C(=O)OCC)OO1. The average Bonchev–Trinajstić information content (AvgIpc) is 2.84. The van der Waals surface area contributed by atoms with Crippen LogP contribution in [0.2, 0.25) is 0 Å². The largest absolute Gasteiger partial charge is 0.466 e. The summed E-state index contributed by atoms with van der Waals surface area (Å²) in [5.41, 5.74) is -0.645. The Morgan fingerprint density at radius 2 is 1.95 bits per heavy atom. The van der Waals surface area contributed by atoms with Crippen molar-refractivity contribution in [2.75, 3.05) is 6.61 Å². The molecule has 112 valence electrons. The molecule has 2 unspecified atom stereocenters. The Balaban J connectivity index is 2.36. The van der Waals surface area contributed by atoms with Gasteiger partial charge in [-0.15, -0.1) is 0 Å². The first-order valence-electron chi connectivity index (χ1n) is 7.51. The summed E-state index contributed by atoms with van der Waals surface area (Å²) < 4.78 is 5.09. The van der Waals surface area contributed by atoms with Crippen LogP contribution in [0.1, 0.15) is 66.2 Å². The summed E-state index contributed by atoms with van der Waals surface area (Å²) in [7, 11) is 0. The van der Waals surface area contributed by atoms with Crippen molar-refractivity contribution in [3.63, 3.8) is 0 Å². The van der Waals surface area contributed by atoms with Gasteiger partial charge < -0.3 is 4.74 Å². The first kappa shape index (κ1) is 16.4. The number of ether oxygens (including phenoxy) is 1. The number of carbonyl (C=O) groups is 1. The second kappa shape index (κ2) is 7.85. The Hall–Kier alpha value is -0.610. The van der Waals surface area contributed by atoms with Gasteiger partial charge in [0.25, 0.3) is 0 Å². The lowest BCUT2D eigenvalue weighted by molar-refractivity contribution is -0.310. The molecule has 0 bridgehead atoms. The molecule has 19 heavy (non-hydrogen) atoms. The van der Waals surface area contributed by atoms with Crippen LogP contribution in [0, 0.1) is 5.41 Å². The van der Waals surface area contributed by atoms with Crippen molar-refractivity contribution in [1.29, 1.82) is 0 Å². The molecule has 0 N–H and O–H groups in total. The predicted octanol–water partition coefficient (Wildman–Crippen LogP) is 3.64. The fourth-order valence-corrected chi connectivity index (χ4v) is 2.29. The van der Waals surface area contributed by atoms with Gasteiger partial charge in [-0.3, -0.25) is 4.79 Å². The summed E-state index contributed by atoms with van der Waals surface area (Å²) in [6.45, 7) is 8.14. The van der Waals surface area contributed by atoms with Crippen molar-refractivity contribution < 1.29 is 19.3 Å². The minimum absolute atomic E-state index is 0.121.